The van der Waals surface area contributed by atoms with E-state index in [0.29, 0.717) is 17.7 Å². The minimum atomic E-state index is -0.507. The van der Waals surface area contributed by atoms with Crippen LogP contribution in [-0.4, -0.2) is 27.8 Å². The molecule has 0 fully saturated rings. The number of benzene rings is 2. The fraction of sp³-hybridized carbons (Fsp3) is 0.238. The van der Waals surface area contributed by atoms with Crippen molar-refractivity contribution in [1.82, 2.24) is 4.57 Å². The second kappa shape index (κ2) is 7.03. The van der Waals surface area contributed by atoms with Crippen molar-refractivity contribution >= 4 is 22.5 Å². The first-order valence-electron chi connectivity index (χ1n) is 8.33. The molecule has 0 bridgehead atoms. The van der Waals surface area contributed by atoms with Crippen LogP contribution >= 0.6 is 0 Å². The Bertz CT molecular complexity index is 939. The van der Waals surface area contributed by atoms with Crippen molar-refractivity contribution in [2.45, 2.75) is 19.3 Å². The monoisotopic (exact) mass is 335 g/mol. The summed E-state index contributed by atoms with van der Waals surface area (Å²) in [5, 5.41) is 10.1. The third kappa shape index (κ3) is 3.39. The number of ketones is 2. The molecule has 0 radical (unpaired) electrons. The van der Waals surface area contributed by atoms with Gasteiger partial charge in [0.05, 0.1) is 5.69 Å². The van der Waals surface area contributed by atoms with Crippen LogP contribution < -0.4 is 0 Å². The Kier molecular flexibility index (Phi) is 4.81. The van der Waals surface area contributed by atoms with Gasteiger partial charge in [-0.25, -0.2) is 0 Å². The van der Waals surface area contributed by atoms with Gasteiger partial charge in [-0.3, -0.25) is 9.59 Å². The summed E-state index contributed by atoms with van der Waals surface area (Å²) in [5.41, 5.74) is 3.13. The number of hydrogen-bond donors (Lipinski definition) is 1. The lowest BCUT2D eigenvalue weighted by atomic mass is 9.93. The zero-order valence-electron chi connectivity index (χ0n) is 14.4. The molecule has 3 rings (SSSR count). The lowest BCUT2D eigenvalue weighted by molar-refractivity contribution is 0.0903. The van der Waals surface area contributed by atoms with E-state index in [-0.39, 0.29) is 17.5 Å². The maximum atomic E-state index is 12.8. The highest BCUT2D eigenvalue weighted by atomic mass is 16.3. The number of para-hydroxylation sites is 1. The predicted molar refractivity (Wildman–Crippen MR) is 98.1 cm³/mol. The number of carbonyl (C=O) groups excluding carboxylic acids is 2. The van der Waals surface area contributed by atoms with Gasteiger partial charge in [-0.1, -0.05) is 43.3 Å². The smallest absolute Gasteiger partial charge is 0.188 e. The van der Waals surface area contributed by atoms with Gasteiger partial charge in [-0.2, -0.15) is 0 Å². The summed E-state index contributed by atoms with van der Waals surface area (Å²) in [5.74, 6) is -0.254. The summed E-state index contributed by atoms with van der Waals surface area (Å²) < 4.78 is 1.93. The van der Waals surface area contributed by atoms with Crippen LogP contribution in [0.5, 0.6) is 0 Å². The van der Waals surface area contributed by atoms with E-state index in [4.69, 9.17) is 5.11 Å². The van der Waals surface area contributed by atoms with E-state index in [0.717, 1.165) is 16.5 Å². The molecule has 1 aromatic heterocycles. The molecular weight excluding hydrogens is 314 g/mol. The normalized spacial score (nSPS) is 12.3. The molecule has 0 spiro atoms. The van der Waals surface area contributed by atoms with E-state index in [1.807, 2.05) is 54.9 Å². The van der Waals surface area contributed by atoms with Crippen molar-refractivity contribution < 1.29 is 14.7 Å². The van der Waals surface area contributed by atoms with Crippen LogP contribution in [0.2, 0.25) is 0 Å². The molecule has 1 N–H and O–H groups in total. The first kappa shape index (κ1) is 17.1. The van der Waals surface area contributed by atoms with Crippen molar-refractivity contribution in [3.8, 4) is 0 Å². The molecule has 0 saturated carbocycles. The molecule has 0 saturated heterocycles. The fourth-order valence-corrected chi connectivity index (χ4v) is 3.17. The lowest BCUT2D eigenvalue weighted by Gasteiger charge is -2.13. The molecule has 25 heavy (non-hydrogen) atoms. The molecule has 1 atom stereocenters. The van der Waals surface area contributed by atoms with Crippen molar-refractivity contribution in [2.24, 2.45) is 7.05 Å². The summed E-state index contributed by atoms with van der Waals surface area (Å²) in [6.07, 6.45) is 0.362. The Morgan fingerprint density at radius 1 is 1.04 bits per heavy atom. The minimum Gasteiger partial charge on any atom is -0.388 e. The van der Waals surface area contributed by atoms with Gasteiger partial charge in [0.2, 0.25) is 0 Å². The Balaban J connectivity index is 1.82. The number of aliphatic hydroxyl groups excluding tert-OH is 1. The molecule has 1 heterocycles. The SMILES string of the molecule is C[C@H](CC(=O)c1cc2ccccc2n1C)c1cccc(C(=O)CO)c1. The number of carbonyl (C=O) groups is 2. The fourth-order valence-electron chi connectivity index (χ4n) is 3.17. The Labute approximate surface area is 146 Å². The van der Waals surface area contributed by atoms with E-state index < -0.39 is 6.61 Å². The summed E-state index contributed by atoms with van der Waals surface area (Å²) >= 11 is 0. The molecule has 2 aromatic carbocycles. The van der Waals surface area contributed by atoms with Gasteiger partial charge < -0.3 is 9.67 Å². The molecule has 4 heteroatoms. The van der Waals surface area contributed by atoms with Crippen molar-refractivity contribution in [1.29, 1.82) is 0 Å². The van der Waals surface area contributed by atoms with Crippen LogP contribution in [-0.2, 0) is 7.05 Å². The Morgan fingerprint density at radius 3 is 2.52 bits per heavy atom. The van der Waals surface area contributed by atoms with E-state index in [1.165, 1.54) is 0 Å². The molecule has 128 valence electrons. The molecule has 3 aromatic rings. The van der Waals surface area contributed by atoms with Gasteiger partial charge in [0, 0.05) is 29.9 Å². The first-order chi connectivity index (χ1) is 12.0. The van der Waals surface area contributed by atoms with E-state index in [9.17, 15) is 9.59 Å². The molecule has 0 amide bonds. The van der Waals surface area contributed by atoms with Crippen LogP contribution in [0.25, 0.3) is 10.9 Å². The summed E-state index contributed by atoms with van der Waals surface area (Å²) in [4.78, 5) is 24.4. The van der Waals surface area contributed by atoms with Crippen molar-refractivity contribution in [3.63, 3.8) is 0 Å². The third-order valence-corrected chi connectivity index (χ3v) is 4.65. The number of Topliss-reactive ketones (excluding diaryl/α,β-unsaturated/α-hetero) is 2. The first-order valence-corrected chi connectivity index (χ1v) is 8.33. The minimum absolute atomic E-state index is 0.0167. The predicted octanol–water partition coefficient (Wildman–Crippen LogP) is 3.73. The van der Waals surface area contributed by atoms with Crippen LogP contribution in [0.1, 0.15) is 45.7 Å². The Hall–Kier alpha value is -2.72. The van der Waals surface area contributed by atoms with E-state index >= 15 is 0 Å². The number of fused-ring (bicyclic) bond motifs is 1. The highest BCUT2D eigenvalue weighted by molar-refractivity contribution is 6.00. The van der Waals surface area contributed by atoms with Crippen LogP contribution in [0.3, 0.4) is 0 Å². The molecule has 4 nitrogen and oxygen atoms in total. The quantitative estimate of drug-likeness (QED) is 0.698. The number of rotatable bonds is 6. The second-order valence-corrected chi connectivity index (χ2v) is 6.38. The van der Waals surface area contributed by atoms with Gasteiger partial charge in [0.1, 0.15) is 6.61 Å². The number of aromatic nitrogens is 1. The third-order valence-electron chi connectivity index (χ3n) is 4.65. The van der Waals surface area contributed by atoms with Gasteiger partial charge in [0.15, 0.2) is 11.6 Å². The van der Waals surface area contributed by atoms with Crippen LogP contribution in [0, 0.1) is 0 Å². The molecule has 0 aliphatic heterocycles. The van der Waals surface area contributed by atoms with E-state index in [1.54, 1.807) is 18.2 Å². The topological polar surface area (TPSA) is 59.3 Å². The van der Waals surface area contributed by atoms with E-state index in [2.05, 4.69) is 0 Å². The average molecular weight is 335 g/mol. The Morgan fingerprint density at radius 2 is 1.80 bits per heavy atom. The van der Waals surface area contributed by atoms with Crippen LogP contribution in [0.4, 0.5) is 0 Å². The zero-order valence-corrected chi connectivity index (χ0v) is 14.4. The lowest BCUT2D eigenvalue weighted by Crippen LogP contribution is -2.10. The molecule has 0 aliphatic rings. The molecule has 0 aliphatic carbocycles. The maximum Gasteiger partial charge on any atom is 0.188 e. The summed E-state index contributed by atoms with van der Waals surface area (Å²) in [6, 6.07) is 17.0. The highest BCUT2D eigenvalue weighted by Crippen LogP contribution is 2.25. The van der Waals surface area contributed by atoms with Gasteiger partial charge in [-0.15, -0.1) is 0 Å². The van der Waals surface area contributed by atoms with Crippen molar-refractivity contribution in [3.05, 3.63) is 71.4 Å². The average Bonchev–Trinajstić information content (AvgIpc) is 2.98. The number of hydrogen-bond acceptors (Lipinski definition) is 3. The summed E-state index contributed by atoms with van der Waals surface area (Å²) in [7, 11) is 1.90. The van der Waals surface area contributed by atoms with Crippen molar-refractivity contribution in [2.75, 3.05) is 6.61 Å². The van der Waals surface area contributed by atoms with Gasteiger partial charge in [0.25, 0.3) is 0 Å². The maximum absolute atomic E-state index is 12.8. The van der Waals surface area contributed by atoms with Crippen LogP contribution in [0.15, 0.2) is 54.6 Å². The van der Waals surface area contributed by atoms with Gasteiger partial charge >= 0.3 is 0 Å². The summed E-state index contributed by atoms with van der Waals surface area (Å²) in [6.45, 7) is 1.47. The zero-order chi connectivity index (χ0) is 18.0. The largest absolute Gasteiger partial charge is 0.388 e. The standard InChI is InChI=1S/C21H21NO3/c1-14(15-7-5-8-17(11-15)21(25)13-23)10-20(24)19-12-16-6-3-4-9-18(16)22(19)2/h3-9,11-12,14,23H,10,13H2,1-2H3/t14-/m1/s1. The molecular formula is C21H21NO3. The molecule has 0 unspecified atom stereocenters. The number of aryl methyl sites for hydroxylation is 1. The number of nitrogens with zero attached hydrogens (tertiary/aromatic N) is 1. The highest BCUT2D eigenvalue weighted by Gasteiger charge is 2.18. The second-order valence-electron chi connectivity index (χ2n) is 6.38. The van der Waals surface area contributed by atoms with Gasteiger partial charge in [-0.05, 0) is 29.7 Å². The number of aliphatic hydroxyl groups is 1.